The molecule has 2 fully saturated rings. The van der Waals surface area contributed by atoms with Crippen LogP contribution in [0.2, 0.25) is 0 Å². The number of piperazine rings is 1. The molecule has 0 saturated carbocycles. The molecule has 1 aromatic rings. The average Bonchev–Trinajstić information content (AvgIpc) is 2.92. The number of unbranched alkanes of at least 4 members (excludes halogenated alkanes) is 2. The minimum atomic E-state index is 0.611. The Kier molecular flexibility index (Phi) is 7.26. The molecule has 0 spiro atoms. The predicted molar refractivity (Wildman–Crippen MR) is 109 cm³/mol. The maximum atomic E-state index is 4.73. The first-order chi connectivity index (χ1) is 12.7. The Morgan fingerprint density at radius 2 is 1.69 bits per heavy atom. The molecule has 2 aliphatic heterocycles. The fourth-order valence-electron chi connectivity index (χ4n) is 4.57. The summed E-state index contributed by atoms with van der Waals surface area (Å²) in [5.41, 5.74) is 1.29. The molecular formula is C21H37N5. The van der Waals surface area contributed by atoms with Gasteiger partial charge in [0.05, 0.1) is 0 Å². The number of aryl methyl sites for hydroxylation is 1. The monoisotopic (exact) mass is 359 g/mol. The minimum Gasteiger partial charge on any atom is -0.332 e. The lowest BCUT2D eigenvalue weighted by Crippen LogP contribution is -2.54. The van der Waals surface area contributed by atoms with Gasteiger partial charge in [-0.3, -0.25) is 4.90 Å². The molecule has 2 aliphatic rings. The van der Waals surface area contributed by atoms with Gasteiger partial charge in [0.15, 0.2) is 0 Å². The van der Waals surface area contributed by atoms with Gasteiger partial charge in [-0.2, -0.15) is 0 Å². The molecule has 5 heteroatoms. The number of likely N-dealkylation sites (N-methyl/N-ethyl adjacent to an activating group) is 1. The number of likely N-dealkylation sites (tertiary alicyclic amines) is 1. The largest absolute Gasteiger partial charge is 0.332 e. The van der Waals surface area contributed by atoms with Gasteiger partial charge in [-0.05, 0) is 70.8 Å². The smallest absolute Gasteiger partial charge is 0.225 e. The molecule has 3 heterocycles. The third-order valence-corrected chi connectivity index (χ3v) is 6.04. The van der Waals surface area contributed by atoms with Gasteiger partial charge >= 0.3 is 0 Å². The average molecular weight is 360 g/mol. The third kappa shape index (κ3) is 4.95. The number of fused-ring (bicyclic) bond motifs is 2. The Bertz CT molecular complexity index is 518. The van der Waals surface area contributed by atoms with Crippen molar-refractivity contribution in [2.45, 2.75) is 70.9 Å². The molecule has 146 valence electrons. The number of hydrogen-bond donors (Lipinski definition) is 0. The maximum Gasteiger partial charge on any atom is 0.225 e. The van der Waals surface area contributed by atoms with Crippen LogP contribution in [0.25, 0.3) is 0 Å². The molecule has 0 radical (unpaired) electrons. The zero-order valence-corrected chi connectivity index (χ0v) is 17.0. The lowest BCUT2D eigenvalue weighted by Gasteiger charge is -2.40. The highest BCUT2D eigenvalue weighted by atomic mass is 15.4. The molecule has 0 aliphatic carbocycles. The van der Waals surface area contributed by atoms with E-state index < -0.39 is 0 Å². The van der Waals surface area contributed by atoms with Crippen LogP contribution in [0.15, 0.2) is 12.4 Å². The number of nitrogens with zero attached hydrogens (tertiary/aromatic N) is 5. The zero-order valence-electron chi connectivity index (χ0n) is 17.0. The molecule has 2 saturated heterocycles. The molecule has 2 unspecified atom stereocenters. The van der Waals surface area contributed by atoms with Crippen LogP contribution in [0, 0.1) is 0 Å². The van der Waals surface area contributed by atoms with E-state index in [4.69, 9.17) is 9.97 Å². The van der Waals surface area contributed by atoms with E-state index in [1.165, 1.54) is 70.3 Å². The van der Waals surface area contributed by atoms with E-state index in [1.54, 1.807) is 0 Å². The van der Waals surface area contributed by atoms with Crippen LogP contribution < -0.4 is 4.90 Å². The van der Waals surface area contributed by atoms with Crippen LogP contribution >= 0.6 is 0 Å². The molecule has 3 rings (SSSR count). The van der Waals surface area contributed by atoms with Gasteiger partial charge in [0.25, 0.3) is 0 Å². The Balaban J connectivity index is 1.43. The SMILES string of the molecule is CCCN(C)CCCCCc1cnc(N2C3CCC2CN(CC)C3)nc1. The van der Waals surface area contributed by atoms with E-state index >= 15 is 0 Å². The third-order valence-electron chi connectivity index (χ3n) is 6.04. The Morgan fingerprint density at radius 3 is 2.31 bits per heavy atom. The topological polar surface area (TPSA) is 35.5 Å². The molecule has 0 N–H and O–H groups in total. The molecular weight excluding hydrogens is 322 g/mol. The second kappa shape index (κ2) is 9.65. The van der Waals surface area contributed by atoms with Gasteiger partial charge in [-0.15, -0.1) is 0 Å². The summed E-state index contributed by atoms with van der Waals surface area (Å²) in [6.07, 6.45) is 12.9. The Hall–Kier alpha value is -1.20. The number of hydrogen-bond acceptors (Lipinski definition) is 5. The summed E-state index contributed by atoms with van der Waals surface area (Å²) in [7, 11) is 2.23. The first kappa shape index (κ1) is 19.6. The number of aromatic nitrogens is 2. The summed E-state index contributed by atoms with van der Waals surface area (Å²) >= 11 is 0. The standard InChI is InChI=1S/C21H37N5/c1-4-12-24(3)13-8-6-7-9-18-14-22-21(23-15-18)26-19-10-11-20(26)17-25(5-2)16-19/h14-15,19-20H,4-13,16-17H2,1-3H3. The summed E-state index contributed by atoms with van der Waals surface area (Å²) in [5.74, 6) is 0.957. The van der Waals surface area contributed by atoms with Crippen LogP contribution in [0.4, 0.5) is 5.95 Å². The maximum absolute atomic E-state index is 4.73. The first-order valence-electron chi connectivity index (χ1n) is 10.7. The van der Waals surface area contributed by atoms with Crippen molar-refractivity contribution in [3.05, 3.63) is 18.0 Å². The van der Waals surface area contributed by atoms with E-state index in [0.29, 0.717) is 12.1 Å². The normalized spacial score (nSPS) is 23.2. The quantitative estimate of drug-likeness (QED) is 0.600. The lowest BCUT2D eigenvalue weighted by molar-refractivity contribution is 0.228. The van der Waals surface area contributed by atoms with E-state index in [0.717, 1.165) is 18.9 Å². The fraction of sp³-hybridized carbons (Fsp3) is 0.810. The number of rotatable bonds is 10. The van der Waals surface area contributed by atoms with Crippen molar-refractivity contribution >= 4 is 5.95 Å². The predicted octanol–water partition coefficient (Wildman–Crippen LogP) is 3.20. The van der Waals surface area contributed by atoms with Gasteiger partial charge < -0.3 is 9.80 Å². The summed E-state index contributed by atoms with van der Waals surface area (Å²) in [4.78, 5) is 17.0. The molecule has 2 bridgehead atoms. The van der Waals surface area contributed by atoms with Crippen molar-refractivity contribution in [3.8, 4) is 0 Å². The number of anilines is 1. The zero-order chi connectivity index (χ0) is 18.4. The molecule has 26 heavy (non-hydrogen) atoms. The molecule has 0 aromatic carbocycles. The van der Waals surface area contributed by atoms with Gasteiger partial charge in [-0.25, -0.2) is 9.97 Å². The minimum absolute atomic E-state index is 0.611. The second-order valence-electron chi connectivity index (χ2n) is 8.15. The molecule has 2 atom stereocenters. The van der Waals surface area contributed by atoms with Gasteiger partial charge in [-0.1, -0.05) is 20.3 Å². The van der Waals surface area contributed by atoms with Gasteiger partial charge in [0.1, 0.15) is 0 Å². The van der Waals surface area contributed by atoms with Gasteiger partial charge in [0, 0.05) is 37.6 Å². The molecule has 0 amide bonds. The van der Waals surface area contributed by atoms with Crippen molar-refractivity contribution < 1.29 is 0 Å². The van der Waals surface area contributed by atoms with Crippen molar-refractivity contribution in [1.29, 1.82) is 0 Å². The van der Waals surface area contributed by atoms with Crippen LogP contribution in [0.1, 0.15) is 57.9 Å². The summed E-state index contributed by atoms with van der Waals surface area (Å²) in [6, 6.07) is 1.22. The second-order valence-corrected chi connectivity index (χ2v) is 8.15. The summed E-state index contributed by atoms with van der Waals surface area (Å²) in [5, 5.41) is 0. The van der Waals surface area contributed by atoms with Crippen molar-refractivity contribution in [2.24, 2.45) is 0 Å². The van der Waals surface area contributed by atoms with Crippen LogP contribution in [0.5, 0.6) is 0 Å². The van der Waals surface area contributed by atoms with Crippen molar-refractivity contribution in [2.75, 3.05) is 44.7 Å². The summed E-state index contributed by atoms with van der Waals surface area (Å²) < 4.78 is 0. The summed E-state index contributed by atoms with van der Waals surface area (Å²) in [6.45, 7) is 10.4. The fourth-order valence-corrected chi connectivity index (χ4v) is 4.57. The van der Waals surface area contributed by atoms with E-state index in [9.17, 15) is 0 Å². The highest BCUT2D eigenvalue weighted by molar-refractivity contribution is 5.37. The van der Waals surface area contributed by atoms with Crippen molar-refractivity contribution in [1.82, 2.24) is 19.8 Å². The Labute approximate surface area is 159 Å². The van der Waals surface area contributed by atoms with E-state index in [2.05, 4.69) is 48.0 Å². The molecule has 1 aromatic heterocycles. The highest BCUT2D eigenvalue weighted by Crippen LogP contribution is 2.32. The van der Waals surface area contributed by atoms with E-state index in [-0.39, 0.29) is 0 Å². The van der Waals surface area contributed by atoms with Crippen LogP contribution in [-0.4, -0.2) is 71.6 Å². The molecule has 5 nitrogen and oxygen atoms in total. The van der Waals surface area contributed by atoms with Crippen LogP contribution in [-0.2, 0) is 6.42 Å². The van der Waals surface area contributed by atoms with Crippen LogP contribution in [0.3, 0.4) is 0 Å². The van der Waals surface area contributed by atoms with Gasteiger partial charge in [0.2, 0.25) is 5.95 Å². The lowest BCUT2D eigenvalue weighted by atomic mass is 10.1. The Morgan fingerprint density at radius 1 is 1.00 bits per heavy atom. The van der Waals surface area contributed by atoms with E-state index in [1.807, 2.05) is 0 Å². The van der Waals surface area contributed by atoms with Crippen molar-refractivity contribution in [3.63, 3.8) is 0 Å². The first-order valence-corrected chi connectivity index (χ1v) is 10.7. The highest BCUT2D eigenvalue weighted by Gasteiger charge is 2.40.